The quantitative estimate of drug-likeness (QED) is 0.904. The van der Waals surface area contributed by atoms with Crippen LogP contribution in [0, 0.1) is 13.8 Å². The van der Waals surface area contributed by atoms with Crippen molar-refractivity contribution in [2.45, 2.75) is 40.3 Å². The van der Waals surface area contributed by atoms with Gasteiger partial charge < -0.3 is 5.32 Å². The molecule has 0 spiro atoms. The predicted molar refractivity (Wildman–Crippen MR) is 85.2 cm³/mol. The number of aromatic nitrogens is 2. The highest BCUT2D eigenvalue weighted by Crippen LogP contribution is 2.33. The molecule has 0 aliphatic heterocycles. The lowest BCUT2D eigenvalue weighted by atomic mass is 10.0. The number of hydrogen-bond donors (Lipinski definition) is 1. The van der Waals surface area contributed by atoms with E-state index in [1.807, 2.05) is 20.0 Å². The Labute approximate surface area is 126 Å². The van der Waals surface area contributed by atoms with Gasteiger partial charge in [-0.1, -0.05) is 30.7 Å². The molecule has 1 aromatic heterocycles. The van der Waals surface area contributed by atoms with E-state index in [0.29, 0.717) is 0 Å². The molecule has 0 radical (unpaired) electrons. The van der Waals surface area contributed by atoms with Crippen LogP contribution in [0.4, 0.5) is 0 Å². The fourth-order valence-electron chi connectivity index (χ4n) is 2.59. The summed E-state index contributed by atoms with van der Waals surface area (Å²) < 4.78 is 2.07. The van der Waals surface area contributed by atoms with Crippen LogP contribution in [-0.2, 0) is 13.1 Å². The zero-order chi connectivity index (χ0) is 14.7. The number of nitrogens with one attached hydrogen (secondary N) is 1. The minimum absolute atomic E-state index is 0.792. The van der Waals surface area contributed by atoms with Gasteiger partial charge in [0.25, 0.3) is 0 Å². The van der Waals surface area contributed by atoms with E-state index in [1.165, 1.54) is 16.8 Å². The molecule has 0 aliphatic carbocycles. The molecular weight excluding hydrogens is 270 g/mol. The maximum Gasteiger partial charge on any atom is 0.0675 e. The minimum atomic E-state index is 0.792. The van der Waals surface area contributed by atoms with Crippen molar-refractivity contribution in [3.05, 3.63) is 40.2 Å². The second-order valence-corrected chi connectivity index (χ2v) is 5.52. The van der Waals surface area contributed by atoms with E-state index in [2.05, 4.69) is 41.1 Å². The molecule has 1 heterocycles. The average molecular weight is 292 g/mol. The summed E-state index contributed by atoms with van der Waals surface area (Å²) in [5.41, 5.74) is 5.66. The molecule has 0 saturated carbocycles. The summed E-state index contributed by atoms with van der Waals surface area (Å²) in [7, 11) is 1.94. The third kappa shape index (κ3) is 2.89. The van der Waals surface area contributed by atoms with Crippen molar-refractivity contribution >= 4 is 11.6 Å². The van der Waals surface area contributed by atoms with Gasteiger partial charge in [-0.3, -0.25) is 4.68 Å². The SMILES string of the molecule is CCCn1nc(C)c(-c2ccc(CNC)cc2Cl)c1C. The Bertz CT molecular complexity index is 602. The van der Waals surface area contributed by atoms with Gasteiger partial charge in [-0.2, -0.15) is 5.10 Å². The number of rotatable bonds is 5. The Kier molecular flexibility index (Phi) is 4.84. The Morgan fingerprint density at radius 1 is 1.30 bits per heavy atom. The normalized spacial score (nSPS) is 11.1. The number of halogens is 1. The molecule has 3 nitrogen and oxygen atoms in total. The van der Waals surface area contributed by atoms with Crippen molar-refractivity contribution in [2.75, 3.05) is 7.05 Å². The molecule has 0 unspecified atom stereocenters. The molecule has 0 bridgehead atoms. The molecule has 0 saturated heterocycles. The van der Waals surface area contributed by atoms with E-state index >= 15 is 0 Å². The van der Waals surface area contributed by atoms with Crippen molar-refractivity contribution in [1.29, 1.82) is 0 Å². The monoisotopic (exact) mass is 291 g/mol. The van der Waals surface area contributed by atoms with Crippen LogP contribution in [0.25, 0.3) is 11.1 Å². The van der Waals surface area contributed by atoms with Gasteiger partial charge in [0.05, 0.1) is 5.69 Å². The number of benzene rings is 1. The third-order valence-corrected chi connectivity index (χ3v) is 3.81. The second-order valence-electron chi connectivity index (χ2n) is 5.11. The summed E-state index contributed by atoms with van der Waals surface area (Å²) in [5.74, 6) is 0. The van der Waals surface area contributed by atoms with E-state index < -0.39 is 0 Å². The third-order valence-electron chi connectivity index (χ3n) is 3.50. The number of nitrogens with zero attached hydrogens (tertiary/aromatic N) is 2. The molecule has 0 atom stereocenters. The molecule has 1 aromatic carbocycles. The minimum Gasteiger partial charge on any atom is -0.316 e. The highest BCUT2D eigenvalue weighted by Gasteiger charge is 2.15. The largest absolute Gasteiger partial charge is 0.316 e. The van der Waals surface area contributed by atoms with Crippen molar-refractivity contribution in [3.8, 4) is 11.1 Å². The van der Waals surface area contributed by atoms with Crippen molar-refractivity contribution in [3.63, 3.8) is 0 Å². The average Bonchev–Trinajstić information content (AvgIpc) is 2.67. The molecule has 0 aliphatic rings. The molecule has 2 rings (SSSR count). The molecule has 20 heavy (non-hydrogen) atoms. The summed E-state index contributed by atoms with van der Waals surface area (Å²) in [6.07, 6.45) is 1.08. The van der Waals surface area contributed by atoms with Gasteiger partial charge in [0.15, 0.2) is 0 Å². The van der Waals surface area contributed by atoms with E-state index in [9.17, 15) is 0 Å². The molecular formula is C16H22ClN3. The van der Waals surface area contributed by atoms with Gasteiger partial charge >= 0.3 is 0 Å². The molecule has 108 valence electrons. The van der Waals surface area contributed by atoms with Gasteiger partial charge in [-0.25, -0.2) is 0 Å². The van der Waals surface area contributed by atoms with Crippen LogP contribution in [0.15, 0.2) is 18.2 Å². The van der Waals surface area contributed by atoms with Gasteiger partial charge in [-0.05, 0) is 38.9 Å². The number of aryl methyl sites for hydroxylation is 2. The van der Waals surface area contributed by atoms with Crippen LogP contribution < -0.4 is 5.32 Å². The molecule has 2 aromatic rings. The van der Waals surface area contributed by atoms with Crippen LogP contribution in [0.3, 0.4) is 0 Å². The lowest BCUT2D eigenvalue weighted by Crippen LogP contribution is -2.04. The first-order valence-corrected chi connectivity index (χ1v) is 7.43. The zero-order valence-corrected chi connectivity index (χ0v) is 13.4. The van der Waals surface area contributed by atoms with Crippen molar-refractivity contribution < 1.29 is 0 Å². The van der Waals surface area contributed by atoms with Crippen molar-refractivity contribution in [2.24, 2.45) is 0 Å². The fraction of sp³-hybridized carbons (Fsp3) is 0.438. The first kappa shape index (κ1) is 15.1. The van der Waals surface area contributed by atoms with Crippen LogP contribution in [0.1, 0.15) is 30.3 Å². The maximum absolute atomic E-state index is 6.47. The van der Waals surface area contributed by atoms with Crippen molar-refractivity contribution in [1.82, 2.24) is 15.1 Å². The van der Waals surface area contributed by atoms with Gasteiger partial charge in [0, 0.05) is 34.9 Å². The van der Waals surface area contributed by atoms with Crippen LogP contribution in [0.2, 0.25) is 5.02 Å². The highest BCUT2D eigenvalue weighted by atomic mass is 35.5. The Balaban J connectivity index is 2.46. The summed E-state index contributed by atoms with van der Waals surface area (Å²) in [6.45, 7) is 8.10. The summed E-state index contributed by atoms with van der Waals surface area (Å²) in [5, 5.41) is 8.55. The molecule has 0 amide bonds. The topological polar surface area (TPSA) is 29.9 Å². The molecule has 0 fully saturated rings. The first-order chi connectivity index (χ1) is 9.58. The Hall–Kier alpha value is -1.32. The lowest BCUT2D eigenvalue weighted by Gasteiger charge is -2.08. The van der Waals surface area contributed by atoms with E-state index in [1.54, 1.807) is 0 Å². The Morgan fingerprint density at radius 3 is 2.65 bits per heavy atom. The van der Waals surface area contributed by atoms with Crippen LogP contribution in [-0.4, -0.2) is 16.8 Å². The van der Waals surface area contributed by atoms with Gasteiger partial charge in [-0.15, -0.1) is 0 Å². The van der Waals surface area contributed by atoms with Crippen LogP contribution in [0.5, 0.6) is 0 Å². The summed E-state index contributed by atoms with van der Waals surface area (Å²) >= 11 is 6.47. The van der Waals surface area contributed by atoms with Crippen LogP contribution >= 0.6 is 11.6 Å². The number of hydrogen-bond acceptors (Lipinski definition) is 2. The standard InChI is InChI=1S/C16H22ClN3/c1-5-8-20-12(3)16(11(2)19-20)14-7-6-13(10-18-4)9-15(14)17/h6-7,9,18H,5,8,10H2,1-4H3. The first-order valence-electron chi connectivity index (χ1n) is 7.05. The lowest BCUT2D eigenvalue weighted by molar-refractivity contribution is 0.583. The molecule has 4 heteroatoms. The maximum atomic E-state index is 6.47. The fourth-order valence-corrected chi connectivity index (χ4v) is 2.89. The predicted octanol–water partition coefficient (Wildman–Crippen LogP) is 3.95. The second kappa shape index (κ2) is 6.42. The summed E-state index contributed by atoms with van der Waals surface area (Å²) in [4.78, 5) is 0. The highest BCUT2D eigenvalue weighted by molar-refractivity contribution is 6.33. The molecule has 1 N–H and O–H groups in total. The summed E-state index contributed by atoms with van der Waals surface area (Å²) in [6, 6.07) is 6.25. The van der Waals surface area contributed by atoms with E-state index in [0.717, 1.165) is 35.8 Å². The van der Waals surface area contributed by atoms with Gasteiger partial charge in [0.2, 0.25) is 0 Å². The van der Waals surface area contributed by atoms with E-state index in [4.69, 9.17) is 11.6 Å². The van der Waals surface area contributed by atoms with Gasteiger partial charge in [0.1, 0.15) is 0 Å². The smallest absolute Gasteiger partial charge is 0.0675 e. The zero-order valence-electron chi connectivity index (χ0n) is 12.6. The van der Waals surface area contributed by atoms with E-state index in [-0.39, 0.29) is 0 Å². The Morgan fingerprint density at radius 2 is 2.05 bits per heavy atom.